The summed E-state index contributed by atoms with van der Waals surface area (Å²) in [5, 5.41) is 19.0. The summed E-state index contributed by atoms with van der Waals surface area (Å²) in [5.74, 6) is -1.08. The lowest BCUT2D eigenvalue weighted by atomic mass is 10.6. The first-order chi connectivity index (χ1) is 8.87. The number of rotatable bonds is 8. The summed E-state index contributed by atoms with van der Waals surface area (Å²) in [5.41, 5.74) is 0. The van der Waals surface area contributed by atoms with Crippen LogP contribution in [0, 0.1) is 0 Å². The van der Waals surface area contributed by atoms with Crippen molar-refractivity contribution in [2.75, 3.05) is 30.8 Å². The first-order valence-corrected chi connectivity index (χ1v) is 6.73. The van der Waals surface area contributed by atoms with Gasteiger partial charge in [0.2, 0.25) is 5.13 Å². The van der Waals surface area contributed by atoms with Gasteiger partial charge in [-0.2, -0.15) is 13.2 Å². The predicted octanol–water partition coefficient (Wildman–Crippen LogP) is 1.71. The number of carboxylic acids is 1. The molecule has 11 heteroatoms. The van der Waals surface area contributed by atoms with Gasteiger partial charge in [0.1, 0.15) is 6.61 Å². The van der Waals surface area contributed by atoms with Gasteiger partial charge < -0.3 is 15.2 Å². The number of halogens is 3. The van der Waals surface area contributed by atoms with Crippen molar-refractivity contribution < 1.29 is 27.8 Å². The lowest BCUT2D eigenvalue weighted by Crippen LogP contribution is -2.20. The summed E-state index contributed by atoms with van der Waals surface area (Å²) in [6.45, 7) is -1.24. The van der Waals surface area contributed by atoms with Crippen molar-refractivity contribution >= 4 is 34.2 Å². The van der Waals surface area contributed by atoms with E-state index in [0.29, 0.717) is 9.47 Å². The van der Waals surface area contributed by atoms with Crippen LogP contribution in [0.25, 0.3) is 0 Å². The molecule has 0 amide bonds. The molecule has 0 aliphatic carbocycles. The van der Waals surface area contributed by atoms with Gasteiger partial charge in [-0.1, -0.05) is 23.1 Å². The number of alkyl halides is 3. The Kier molecular flexibility index (Phi) is 6.31. The van der Waals surface area contributed by atoms with Crippen LogP contribution in [0.1, 0.15) is 0 Å². The smallest absolute Gasteiger partial charge is 0.411 e. The average molecular weight is 317 g/mol. The Morgan fingerprint density at radius 3 is 2.84 bits per heavy atom. The Hall–Kier alpha value is -1.07. The van der Waals surface area contributed by atoms with Crippen molar-refractivity contribution in [2.24, 2.45) is 0 Å². The maximum absolute atomic E-state index is 11.7. The lowest BCUT2D eigenvalue weighted by molar-refractivity contribution is -0.172. The van der Waals surface area contributed by atoms with E-state index in [1.807, 2.05) is 0 Å². The molecule has 1 heterocycles. The number of hydrogen-bond acceptors (Lipinski definition) is 7. The quantitative estimate of drug-likeness (QED) is 0.557. The highest BCUT2D eigenvalue weighted by Gasteiger charge is 2.27. The first-order valence-electron chi connectivity index (χ1n) is 4.93. The van der Waals surface area contributed by atoms with Gasteiger partial charge in [-0.3, -0.25) is 4.79 Å². The SMILES string of the molecule is O=C(O)CSc1nnc(NCCOCC(F)(F)F)s1. The number of nitrogens with zero attached hydrogens (tertiary/aromatic N) is 2. The highest BCUT2D eigenvalue weighted by molar-refractivity contribution is 8.01. The molecule has 0 aromatic carbocycles. The number of ether oxygens (including phenoxy) is 1. The van der Waals surface area contributed by atoms with Crippen LogP contribution in [0.5, 0.6) is 0 Å². The highest BCUT2D eigenvalue weighted by atomic mass is 32.2. The van der Waals surface area contributed by atoms with E-state index in [1.54, 1.807) is 0 Å². The molecule has 0 unspecified atom stereocenters. The van der Waals surface area contributed by atoms with Crippen LogP contribution >= 0.6 is 23.1 Å². The molecule has 108 valence electrons. The number of carbonyl (C=O) groups is 1. The van der Waals surface area contributed by atoms with E-state index >= 15 is 0 Å². The molecular weight excluding hydrogens is 307 g/mol. The van der Waals surface area contributed by atoms with E-state index in [1.165, 1.54) is 0 Å². The zero-order chi connectivity index (χ0) is 14.3. The Morgan fingerprint density at radius 1 is 1.47 bits per heavy atom. The third-order valence-electron chi connectivity index (χ3n) is 1.51. The molecule has 19 heavy (non-hydrogen) atoms. The molecule has 0 saturated heterocycles. The maximum atomic E-state index is 11.7. The lowest BCUT2D eigenvalue weighted by Gasteiger charge is -2.07. The van der Waals surface area contributed by atoms with Gasteiger partial charge in [0.05, 0.1) is 12.4 Å². The van der Waals surface area contributed by atoms with E-state index in [2.05, 4.69) is 20.3 Å². The van der Waals surface area contributed by atoms with Gasteiger partial charge in [0.15, 0.2) is 4.34 Å². The molecule has 2 N–H and O–H groups in total. The zero-order valence-electron chi connectivity index (χ0n) is 9.44. The van der Waals surface area contributed by atoms with Gasteiger partial charge in [0, 0.05) is 6.54 Å². The number of hydrogen-bond donors (Lipinski definition) is 2. The largest absolute Gasteiger partial charge is 0.481 e. The van der Waals surface area contributed by atoms with Crippen LogP contribution in [0.2, 0.25) is 0 Å². The van der Waals surface area contributed by atoms with Crippen molar-refractivity contribution in [3.8, 4) is 0 Å². The normalized spacial score (nSPS) is 11.5. The fraction of sp³-hybridized carbons (Fsp3) is 0.625. The Bertz CT molecular complexity index is 413. The van der Waals surface area contributed by atoms with Gasteiger partial charge in [-0.05, 0) is 0 Å². The number of anilines is 1. The molecule has 0 atom stereocenters. The molecule has 0 saturated carbocycles. The van der Waals surface area contributed by atoms with E-state index < -0.39 is 18.8 Å². The van der Waals surface area contributed by atoms with E-state index in [0.717, 1.165) is 23.1 Å². The minimum absolute atomic E-state index is 0.114. The number of aromatic nitrogens is 2. The van der Waals surface area contributed by atoms with Crippen LogP contribution in [0.4, 0.5) is 18.3 Å². The van der Waals surface area contributed by atoms with Crippen LogP contribution in [-0.2, 0) is 9.53 Å². The van der Waals surface area contributed by atoms with Crippen LogP contribution in [0.15, 0.2) is 4.34 Å². The summed E-state index contributed by atoms with van der Waals surface area (Å²) >= 11 is 2.15. The molecule has 0 aliphatic heterocycles. The van der Waals surface area contributed by atoms with Gasteiger partial charge in [0.25, 0.3) is 0 Å². The van der Waals surface area contributed by atoms with Gasteiger partial charge in [-0.15, -0.1) is 10.2 Å². The van der Waals surface area contributed by atoms with Crippen molar-refractivity contribution in [1.29, 1.82) is 0 Å². The summed E-state index contributed by atoms with van der Waals surface area (Å²) < 4.78 is 40.1. The van der Waals surface area contributed by atoms with E-state index in [4.69, 9.17) is 5.11 Å². The topological polar surface area (TPSA) is 84.3 Å². The number of aliphatic carboxylic acids is 1. The molecule has 0 aliphatic rings. The van der Waals surface area contributed by atoms with Gasteiger partial charge >= 0.3 is 12.1 Å². The second-order valence-electron chi connectivity index (χ2n) is 3.15. The Morgan fingerprint density at radius 2 is 2.21 bits per heavy atom. The molecule has 1 rings (SSSR count). The van der Waals surface area contributed by atoms with E-state index in [-0.39, 0.29) is 18.9 Å². The number of nitrogens with one attached hydrogen (secondary N) is 1. The third kappa shape index (κ3) is 7.85. The summed E-state index contributed by atoms with van der Waals surface area (Å²) in [6, 6.07) is 0. The third-order valence-corrected chi connectivity index (χ3v) is 3.51. The summed E-state index contributed by atoms with van der Waals surface area (Å²) in [6.07, 6.45) is -4.33. The fourth-order valence-electron chi connectivity index (χ4n) is 0.881. The van der Waals surface area contributed by atoms with Crippen molar-refractivity contribution in [3.05, 3.63) is 0 Å². The maximum Gasteiger partial charge on any atom is 0.411 e. The Balaban J connectivity index is 2.18. The highest BCUT2D eigenvalue weighted by Crippen LogP contribution is 2.24. The van der Waals surface area contributed by atoms with Crippen molar-refractivity contribution in [2.45, 2.75) is 10.5 Å². The molecule has 1 aromatic heterocycles. The van der Waals surface area contributed by atoms with E-state index in [9.17, 15) is 18.0 Å². The monoisotopic (exact) mass is 317 g/mol. The van der Waals surface area contributed by atoms with Crippen molar-refractivity contribution in [3.63, 3.8) is 0 Å². The predicted molar refractivity (Wildman–Crippen MR) is 63.6 cm³/mol. The summed E-state index contributed by atoms with van der Waals surface area (Å²) in [7, 11) is 0. The molecule has 0 fully saturated rings. The molecule has 1 aromatic rings. The van der Waals surface area contributed by atoms with Gasteiger partial charge in [-0.25, -0.2) is 0 Å². The number of thioether (sulfide) groups is 1. The second kappa shape index (κ2) is 7.50. The fourth-order valence-corrected chi connectivity index (χ4v) is 2.38. The average Bonchev–Trinajstić information content (AvgIpc) is 2.72. The minimum atomic E-state index is -4.33. The summed E-state index contributed by atoms with van der Waals surface area (Å²) in [4.78, 5) is 10.3. The molecular formula is C8H10F3N3O3S2. The first kappa shape index (κ1) is 16.0. The standard InChI is InChI=1S/C8H10F3N3O3S2/c9-8(10,11)4-17-2-1-12-6-13-14-7(19-6)18-3-5(15)16/h1-4H2,(H,12,13)(H,15,16). The molecule has 6 nitrogen and oxygen atoms in total. The second-order valence-corrected chi connectivity index (χ2v) is 5.35. The van der Waals surface area contributed by atoms with Crippen molar-refractivity contribution in [1.82, 2.24) is 10.2 Å². The number of carboxylic acid groups (broad SMARTS) is 1. The Labute approximate surface area is 114 Å². The zero-order valence-corrected chi connectivity index (χ0v) is 11.1. The molecule has 0 spiro atoms. The minimum Gasteiger partial charge on any atom is -0.481 e. The van der Waals surface area contributed by atoms with Crippen LogP contribution in [-0.4, -0.2) is 53.0 Å². The van der Waals surface area contributed by atoms with Crippen LogP contribution < -0.4 is 5.32 Å². The molecule has 0 bridgehead atoms. The van der Waals surface area contributed by atoms with Crippen LogP contribution in [0.3, 0.4) is 0 Å². The molecule has 0 radical (unpaired) electrons.